The van der Waals surface area contributed by atoms with Gasteiger partial charge >= 0.3 is 0 Å². The third kappa shape index (κ3) is 5.36. The summed E-state index contributed by atoms with van der Waals surface area (Å²) in [5.74, 6) is 2.10. The molecule has 0 aliphatic carbocycles. The second-order valence-electron chi connectivity index (χ2n) is 9.06. The van der Waals surface area contributed by atoms with E-state index in [0.29, 0.717) is 72.0 Å². The molecule has 0 aliphatic rings. The van der Waals surface area contributed by atoms with Gasteiger partial charge in [0.1, 0.15) is 22.6 Å². The normalized spacial score (nSPS) is 11.1. The van der Waals surface area contributed by atoms with E-state index < -0.39 is 0 Å². The van der Waals surface area contributed by atoms with E-state index in [1.165, 1.54) is 0 Å². The first-order valence-electron chi connectivity index (χ1n) is 13.5. The van der Waals surface area contributed by atoms with Crippen molar-refractivity contribution in [2.75, 3.05) is 32.1 Å². The summed E-state index contributed by atoms with van der Waals surface area (Å²) in [6, 6.07) is 20.9. The summed E-state index contributed by atoms with van der Waals surface area (Å²) in [5, 5.41) is 3.02. The Morgan fingerprint density at radius 3 is 2.23 bits per heavy atom. The minimum atomic E-state index is -0.312. The number of para-hydroxylation sites is 2. The van der Waals surface area contributed by atoms with Gasteiger partial charge in [0, 0.05) is 12.2 Å². The van der Waals surface area contributed by atoms with Gasteiger partial charge in [0.05, 0.1) is 30.9 Å². The van der Waals surface area contributed by atoms with Crippen molar-refractivity contribution in [2.45, 2.75) is 27.2 Å². The summed E-state index contributed by atoms with van der Waals surface area (Å²) >= 11 is 0. The Morgan fingerprint density at radius 2 is 1.52 bits per heavy atom. The Hall–Kier alpha value is -4.79. The number of anilines is 1. The number of nitrogens with two attached hydrogens (primary N) is 1. The molecule has 2 aromatic heterocycles. The number of fused-ring (bicyclic) bond motifs is 2. The maximum absolute atomic E-state index is 13.6. The van der Waals surface area contributed by atoms with Crippen LogP contribution in [-0.4, -0.2) is 46.8 Å². The number of hydrogen-bond donors (Lipinski definition) is 2. The smallest absolute Gasteiger partial charge is 0.257 e. The maximum Gasteiger partial charge on any atom is 0.257 e. The van der Waals surface area contributed by atoms with E-state index >= 15 is 0 Å². The van der Waals surface area contributed by atoms with E-state index in [9.17, 15) is 4.79 Å². The summed E-state index contributed by atoms with van der Waals surface area (Å²) in [4.78, 5) is 23.2. The van der Waals surface area contributed by atoms with Gasteiger partial charge in [0.25, 0.3) is 5.91 Å². The van der Waals surface area contributed by atoms with Gasteiger partial charge in [0.15, 0.2) is 17.1 Å². The number of rotatable bonds is 11. The fourth-order valence-corrected chi connectivity index (χ4v) is 4.66. The highest BCUT2D eigenvalue weighted by Crippen LogP contribution is 2.32. The third-order valence-corrected chi connectivity index (χ3v) is 6.44. The number of hydrogen-bond acceptors (Lipinski definition) is 7. The number of nitrogens with one attached hydrogen (secondary N) is 1. The zero-order valence-electron chi connectivity index (χ0n) is 22.9. The van der Waals surface area contributed by atoms with E-state index in [1.54, 1.807) is 4.57 Å². The number of nitrogen functional groups attached to an aromatic ring is 1. The Kier molecular flexibility index (Phi) is 8.00. The number of carbonyl (C=O) groups excluding carboxylic acids is 1. The first-order valence-corrected chi connectivity index (χ1v) is 13.5. The maximum atomic E-state index is 13.6. The van der Waals surface area contributed by atoms with Crippen molar-refractivity contribution >= 4 is 33.9 Å². The van der Waals surface area contributed by atoms with Crippen LogP contribution in [0.25, 0.3) is 27.9 Å². The monoisotopic (exact) mass is 539 g/mol. The molecule has 9 nitrogen and oxygen atoms in total. The Balaban J connectivity index is 1.46. The lowest BCUT2D eigenvalue weighted by Gasteiger charge is -2.13. The van der Waals surface area contributed by atoms with Crippen LogP contribution in [0.2, 0.25) is 0 Å². The topological polar surface area (TPSA) is 114 Å². The van der Waals surface area contributed by atoms with Crippen molar-refractivity contribution < 1.29 is 19.0 Å². The van der Waals surface area contributed by atoms with Crippen LogP contribution in [0.5, 0.6) is 17.2 Å². The molecule has 3 aromatic carbocycles. The highest BCUT2D eigenvalue weighted by Gasteiger charge is 2.24. The lowest BCUT2D eigenvalue weighted by molar-refractivity contribution is 0.0956. The Bertz CT molecular complexity index is 1650. The van der Waals surface area contributed by atoms with Crippen molar-refractivity contribution in [3.8, 4) is 22.9 Å². The first-order chi connectivity index (χ1) is 19.5. The fourth-order valence-electron chi connectivity index (χ4n) is 4.66. The molecule has 206 valence electrons. The van der Waals surface area contributed by atoms with Crippen LogP contribution in [0.15, 0.2) is 66.7 Å². The van der Waals surface area contributed by atoms with Gasteiger partial charge in [0.2, 0.25) is 0 Å². The van der Waals surface area contributed by atoms with Crippen LogP contribution >= 0.6 is 0 Å². The van der Waals surface area contributed by atoms with Crippen LogP contribution in [0.1, 0.15) is 36.7 Å². The van der Waals surface area contributed by atoms with Crippen LogP contribution in [0.3, 0.4) is 0 Å². The highest BCUT2D eigenvalue weighted by atomic mass is 16.5. The molecular formula is C31H33N5O4. The van der Waals surface area contributed by atoms with E-state index in [-0.39, 0.29) is 11.7 Å². The van der Waals surface area contributed by atoms with Gasteiger partial charge in [-0.25, -0.2) is 9.97 Å². The summed E-state index contributed by atoms with van der Waals surface area (Å²) in [6.07, 6.45) is 0.601. The predicted molar refractivity (Wildman–Crippen MR) is 157 cm³/mol. The SMILES string of the molecule is CCOc1ccc(-n2c(N)c(C(=O)NCCc3ccc(OCC)c(OCC)c3)c3nc4ccccc4nc32)cc1. The molecule has 3 N–H and O–H groups in total. The van der Waals surface area contributed by atoms with E-state index in [2.05, 4.69) is 5.32 Å². The molecule has 0 aliphatic heterocycles. The Labute approximate surface area is 232 Å². The van der Waals surface area contributed by atoms with Crippen LogP contribution in [0, 0.1) is 0 Å². The van der Waals surface area contributed by atoms with Crippen LogP contribution in [0.4, 0.5) is 5.82 Å². The number of aromatic nitrogens is 3. The molecule has 2 heterocycles. The summed E-state index contributed by atoms with van der Waals surface area (Å²) in [5.41, 5.74) is 11.1. The summed E-state index contributed by atoms with van der Waals surface area (Å²) < 4.78 is 18.7. The van der Waals surface area contributed by atoms with Crippen molar-refractivity contribution in [1.29, 1.82) is 0 Å². The quantitative estimate of drug-likeness (QED) is 0.233. The number of ether oxygens (including phenoxy) is 3. The summed E-state index contributed by atoms with van der Waals surface area (Å²) in [6.45, 7) is 7.86. The fraction of sp³-hybridized carbons (Fsp3) is 0.258. The number of benzene rings is 3. The second-order valence-corrected chi connectivity index (χ2v) is 9.06. The molecule has 0 atom stereocenters. The number of carbonyl (C=O) groups is 1. The lowest BCUT2D eigenvalue weighted by atomic mass is 10.1. The lowest BCUT2D eigenvalue weighted by Crippen LogP contribution is -2.26. The molecule has 0 radical (unpaired) electrons. The van der Waals surface area contributed by atoms with Gasteiger partial charge in [-0.1, -0.05) is 18.2 Å². The van der Waals surface area contributed by atoms with Crippen molar-refractivity contribution in [2.24, 2.45) is 0 Å². The largest absolute Gasteiger partial charge is 0.494 e. The molecular weight excluding hydrogens is 506 g/mol. The Morgan fingerprint density at radius 1 is 0.850 bits per heavy atom. The first kappa shape index (κ1) is 26.8. The predicted octanol–water partition coefficient (Wildman–Crippen LogP) is 5.32. The van der Waals surface area contributed by atoms with Crippen LogP contribution in [-0.2, 0) is 6.42 Å². The molecule has 1 amide bonds. The highest BCUT2D eigenvalue weighted by molar-refractivity contribution is 6.11. The minimum absolute atomic E-state index is 0.270. The van der Waals surface area contributed by atoms with Crippen molar-refractivity contribution in [3.63, 3.8) is 0 Å². The molecule has 0 fully saturated rings. The number of nitrogens with zero attached hydrogens (tertiary/aromatic N) is 3. The molecule has 0 saturated heterocycles. The zero-order chi connectivity index (χ0) is 28.1. The second kappa shape index (κ2) is 11.9. The van der Waals surface area contributed by atoms with Gasteiger partial charge in [-0.15, -0.1) is 0 Å². The molecule has 0 unspecified atom stereocenters. The average molecular weight is 540 g/mol. The minimum Gasteiger partial charge on any atom is -0.494 e. The standard InChI is InChI=1S/C31H33N5O4/c1-4-38-22-14-12-21(13-15-22)36-29(32)27(28-30(36)35-24-10-8-7-9-23(24)34-28)31(37)33-18-17-20-11-16-25(39-5-2)26(19-20)40-6-3/h7-16,19H,4-6,17-18,32H2,1-3H3,(H,33,37). The summed E-state index contributed by atoms with van der Waals surface area (Å²) in [7, 11) is 0. The molecule has 40 heavy (non-hydrogen) atoms. The molecule has 5 aromatic rings. The van der Waals surface area contributed by atoms with Gasteiger partial charge in [-0.05, 0) is 81.3 Å². The van der Waals surface area contributed by atoms with Crippen molar-refractivity contribution in [1.82, 2.24) is 19.9 Å². The number of amides is 1. The van der Waals surface area contributed by atoms with E-state index in [1.807, 2.05) is 87.5 Å². The average Bonchev–Trinajstić information content (AvgIpc) is 3.24. The molecule has 5 rings (SSSR count). The molecule has 0 saturated carbocycles. The van der Waals surface area contributed by atoms with Crippen LogP contribution < -0.4 is 25.3 Å². The van der Waals surface area contributed by atoms with E-state index in [0.717, 1.165) is 17.0 Å². The van der Waals surface area contributed by atoms with Crippen molar-refractivity contribution in [3.05, 3.63) is 77.9 Å². The van der Waals surface area contributed by atoms with Gasteiger partial charge in [-0.2, -0.15) is 0 Å². The zero-order valence-corrected chi connectivity index (χ0v) is 22.9. The molecule has 0 bridgehead atoms. The van der Waals surface area contributed by atoms with E-state index in [4.69, 9.17) is 29.9 Å². The molecule has 0 spiro atoms. The van der Waals surface area contributed by atoms with Gasteiger partial charge < -0.3 is 25.3 Å². The molecule has 9 heteroatoms. The third-order valence-electron chi connectivity index (χ3n) is 6.44. The van der Waals surface area contributed by atoms with Gasteiger partial charge in [-0.3, -0.25) is 9.36 Å².